The zero-order chi connectivity index (χ0) is 17.4. The number of furan rings is 1. The maximum atomic E-state index is 12.4. The monoisotopic (exact) mass is 356 g/mol. The molecule has 1 aromatic heterocycles. The molecule has 1 amide bonds. The SMILES string of the molecule is C[C@]12CCCC[C@@H]1[C@H]2C(=O)N/N=C/c1ccc(-c2ccc(Cl)cc2)o1. The maximum Gasteiger partial charge on any atom is 0.244 e. The first kappa shape index (κ1) is 16.4. The van der Waals surface area contributed by atoms with Gasteiger partial charge in [0, 0.05) is 16.5 Å². The van der Waals surface area contributed by atoms with Gasteiger partial charge in [0.25, 0.3) is 0 Å². The zero-order valence-electron chi connectivity index (χ0n) is 14.2. The molecule has 4 rings (SSSR count). The Morgan fingerprint density at radius 1 is 1.28 bits per heavy atom. The summed E-state index contributed by atoms with van der Waals surface area (Å²) in [4.78, 5) is 12.4. The molecule has 2 aliphatic carbocycles. The lowest BCUT2D eigenvalue weighted by atomic mass is 9.90. The number of fused-ring (bicyclic) bond motifs is 1. The van der Waals surface area contributed by atoms with Gasteiger partial charge < -0.3 is 4.42 Å². The van der Waals surface area contributed by atoms with Gasteiger partial charge in [0.05, 0.1) is 6.21 Å². The fourth-order valence-electron chi connectivity index (χ4n) is 4.27. The summed E-state index contributed by atoms with van der Waals surface area (Å²) in [6.07, 6.45) is 6.35. The smallest absolute Gasteiger partial charge is 0.244 e. The number of hydrazone groups is 1. The summed E-state index contributed by atoms with van der Waals surface area (Å²) in [5.74, 6) is 2.04. The second kappa shape index (κ2) is 6.34. The third kappa shape index (κ3) is 3.11. The van der Waals surface area contributed by atoms with E-state index in [1.54, 1.807) is 6.21 Å². The van der Waals surface area contributed by atoms with Crippen LogP contribution in [0.5, 0.6) is 0 Å². The Labute approximate surface area is 152 Å². The van der Waals surface area contributed by atoms with Crippen molar-refractivity contribution in [2.24, 2.45) is 22.4 Å². The summed E-state index contributed by atoms with van der Waals surface area (Å²) in [5, 5.41) is 4.76. The molecule has 2 fully saturated rings. The molecule has 1 aromatic carbocycles. The molecule has 2 aromatic rings. The van der Waals surface area contributed by atoms with Crippen molar-refractivity contribution in [2.45, 2.75) is 32.6 Å². The van der Waals surface area contributed by atoms with Gasteiger partial charge in [-0.1, -0.05) is 31.4 Å². The molecule has 0 spiro atoms. The van der Waals surface area contributed by atoms with Crippen LogP contribution in [0.15, 0.2) is 45.9 Å². The number of hydrogen-bond donors (Lipinski definition) is 1. The molecule has 3 atom stereocenters. The Kier molecular flexibility index (Phi) is 4.16. The van der Waals surface area contributed by atoms with Crippen LogP contribution in [0.25, 0.3) is 11.3 Å². The standard InChI is InChI=1S/C20H21ClN2O2/c1-20-11-3-2-4-16(20)18(20)19(24)23-22-12-15-9-10-17(25-15)13-5-7-14(21)8-6-13/h5-10,12,16,18H,2-4,11H2,1H3,(H,23,24)/b22-12+/t16-,18+,20+/m1/s1. The normalized spacial score (nSPS) is 27.9. The van der Waals surface area contributed by atoms with Crippen molar-refractivity contribution in [1.82, 2.24) is 5.43 Å². The van der Waals surface area contributed by atoms with Gasteiger partial charge >= 0.3 is 0 Å². The van der Waals surface area contributed by atoms with E-state index in [9.17, 15) is 4.79 Å². The lowest BCUT2D eigenvalue weighted by molar-refractivity contribution is -0.123. The van der Waals surface area contributed by atoms with Crippen LogP contribution in [0.4, 0.5) is 0 Å². The first-order valence-corrected chi connectivity index (χ1v) is 9.14. The van der Waals surface area contributed by atoms with Crippen LogP contribution < -0.4 is 5.43 Å². The second-order valence-electron chi connectivity index (χ2n) is 7.28. The van der Waals surface area contributed by atoms with Crippen LogP contribution in [0, 0.1) is 17.3 Å². The minimum Gasteiger partial charge on any atom is -0.455 e. The predicted molar refractivity (Wildman–Crippen MR) is 98.4 cm³/mol. The molecule has 1 heterocycles. The number of amides is 1. The molecule has 0 saturated heterocycles. The summed E-state index contributed by atoms with van der Waals surface area (Å²) in [6.45, 7) is 2.23. The van der Waals surface area contributed by atoms with Crippen LogP contribution >= 0.6 is 11.6 Å². The third-order valence-electron chi connectivity index (χ3n) is 5.74. The van der Waals surface area contributed by atoms with Crippen molar-refractivity contribution in [3.63, 3.8) is 0 Å². The minimum atomic E-state index is 0.0372. The van der Waals surface area contributed by atoms with E-state index >= 15 is 0 Å². The average Bonchev–Trinajstić information content (AvgIpc) is 2.96. The van der Waals surface area contributed by atoms with E-state index in [1.807, 2.05) is 36.4 Å². The lowest BCUT2D eigenvalue weighted by Gasteiger charge is -2.15. The third-order valence-corrected chi connectivity index (χ3v) is 5.99. The van der Waals surface area contributed by atoms with Gasteiger partial charge in [-0.25, -0.2) is 5.43 Å². The number of carbonyl (C=O) groups is 1. The quantitative estimate of drug-likeness (QED) is 0.627. The van der Waals surface area contributed by atoms with Crippen LogP contribution in [-0.2, 0) is 4.79 Å². The van der Waals surface area contributed by atoms with Gasteiger partial charge in [0.2, 0.25) is 5.91 Å². The molecule has 0 aliphatic heterocycles. The highest BCUT2D eigenvalue weighted by atomic mass is 35.5. The van der Waals surface area contributed by atoms with Gasteiger partial charge in [-0.3, -0.25) is 4.79 Å². The second-order valence-corrected chi connectivity index (χ2v) is 7.72. The van der Waals surface area contributed by atoms with Crippen molar-refractivity contribution in [1.29, 1.82) is 0 Å². The zero-order valence-corrected chi connectivity index (χ0v) is 14.9. The van der Waals surface area contributed by atoms with Crippen molar-refractivity contribution in [3.05, 3.63) is 47.2 Å². The Morgan fingerprint density at radius 3 is 2.80 bits per heavy atom. The van der Waals surface area contributed by atoms with Gasteiger partial charge in [-0.05, 0) is 60.6 Å². The van der Waals surface area contributed by atoms with Crippen molar-refractivity contribution >= 4 is 23.7 Å². The summed E-state index contributed by atoms with van der Waals surface area (Å²) in [6, 6.07) is 11.2. The molecule has 1 N–H and O–H groups in total. The predicted octanol–water partition coefficient (Wildman–Crippen LogP) is 4.88. The fourth-order valence-corrected chi connectivity index (χ4v) is 4.40. The highest BCUT2D eigenvalue weighted by Gasteiger charge is 2.64. The fraction of sp³-hybridized carbons (Fsp3) is 0.400. The van der Waals surface area contributed by atoms with E-state index in [0.29, 0.717) is 16.7 Å². The Morgan fingerprint density at radius 2 is 2.08 bits per heavy atom. The average molecular weight is 357 g/mol. The molecule has 0 bridgehead atoms. The first-order valence-electron chi connectivity index (χ1n) is 8.77. The van der Waals surface area contributed by atoms with Crippen molar-refractivity contribution < 1.29 is 9.21 Å². The molecule has 2 aliphatic rings. The van der Waals surface area contributed by atoms with Crippen molar-refractivity contribution in [2.75, 3.05) is 0 Å². The highest BCUT2D eigenvalue weighted by molar-refractivity contribution is 6.30. The Hall–Kier alpha value is -2.07. The molecular weight excluding hydrogens is 336 g/mol. The maximum absolute atomic E-state index is 12.4. The van der Waals surface area contributed by atoms with E-state index in [1.165, 1.54) is 19.3 Å². The van der Waals surface area contributed by atoms with E-state index in [0.717, 1.165) is 17.7 Å². The van der Waals surface area contributed by atoms with Crippen LogP contribution in [0.1, 0.15) is 38.4 Å². The number of nitrogens with one attached hydrogen (secondary N) is 1. The van der Waals surface area contributed by atoms with Gasteiger partial charge in [-0.15, -0.1) is 0 Å². The number of benzene rings is 1. The van der Waals surface area contributed by atoms with Crippen LogP contribution in [-0.4, -0.2) is 12.1 Å². The van der Waals surface area contributed by atoms with E-state index in [-0.39, 0.29) is 17.2 Å². The number of rotatable bonds is 4. The molecule has 4 nitrogen and oxygen atoms in total. The van der Waals surface area contributed by atoms with Gasteiger partial charge in [0.15, 0.2) is 0 Å². The molecule has 5 heteroatoms. The highest BCUT2D eigenvalue weighted by Crippen LogP contribution is 2.66. The van der Waals surface area contributed by atoms with Crippen molar-refractivity contribution in [3.8, 4) is 11.3 Å². The number of nitrogens with zero attached hydrogens (tertiary/aromatic N) is 1. The van der Waals surface area contributed by atoms with Crippen LogP contribution in [0.2, 0.25) is 5.02 Å². The summed E-state index contributed by atoms with van der Waals surface area (Å²) in [5.41, 5.74) is 3.83. The number of carbonyl (C=O) groups excluding carboxylic acids is 1. The van der Waals surface area contributed by atoms with E-state index < -0.39 is 0 Å². The van der Waals surface area contributed by atoms with Crippen LogP contribution in [0.3, 0.4) is 0 Å². The number of halogens is 1. The summed E-state index contributed by atoms with van der Waals surface area (Å²) >= 11 is 5.90. The minimum absolute atomic E-state index is 0.0372. The van der Waals surface area contributed by atoms with E-state index in [2.05, 4.69) is 17.5 Å². The molecule has 0 unspecified atom stereocenters. The lowest BCUT2D eigenvalue weighted by Crippen LogP contribution is -2.22. The summed E-state index contributed by atoms with van der Waals surface area (Å²) in [7, 11) is 0. The largest absolute Gasteiger partial charge is 0.455 e. The molecule has 25 heavy (non-hydrogen) atoms. The molecule has 130 valence electrons. The van der Waals surface area contributed by atoms with Gasteiger partial charge in [0.1, 0.15) is 11.5 Å². The van der Waals surface area contributed by atoms with Gasteiger partial charge in [-0.2, -0.15) is 5.10 Å². The topological polar surface area (TPSA) is 54.6 Å². The Bertz CT molecular complexity index is 811. The molecule has 0 radical (unpaired) electrons. The van der Waals surface area contributed by atoms with E-state index in [4.69, 9.17) is 16.0 Å². The summed E-state index contributed by atoms with van der Waals surface area (Å²) < 4.78 is 5.74. The molecular formula is C20H21ClN2O2. The first-order chi connectivity index (χ1) is 12.1. The Balaban J connectivity index is 1.37. The number of hydrogen-bond acceptors (Lipinski definition) is 3. The molecule has 2 saturated carbocycles.